The van der Waals surface area contributed by atoms with Gasteiger partial charge in [-0.3, -0.25) is 4.90 Å². The van der Waals surface area contributed by atoms with Gasteiger partial charge in [-0.25, -0.2) is 0 Å². The highest BCUT2D eigenvalue weighted by Gasteiger charge is 2.34. The molecule has 0 bridgehead atoms. The summed E-state index contributed by atoms with van der Waals surface area (Å²) < 4.78 is 0. The summed E-state index contributed by atoms with van der Waals surface area (Å²) in [6.45, 7) is 8.94. The molecule has 0 aliphatic heterocycles. The largest absolute Gasteiger partial charge is 0.329 e. The Hall–Kier alpha value is -0.0800. The van der Waals surface area contributed by atoms with Crippen molar-refractivity contribution in [3.05, 3.63) is 0 Å². The third-order valence-electron chi connectivity index (χ3n) is 4.81. The Labute approximate surface area is 114 Å². The first kappa shape index (κ1) is 16.0. The summed E-state index contributed by atoms with van der Waals surface area (Å²) in [7, 11) is 0. The molecule has 0 aromatic carbocycles. The van der Waals surface area contributed by atoms with Crippen LogP contribution in [0.15, 0.2) is 0 Å². The summed E-state index contributed by atoms with van der Waals surface area (Å²) in [6.07, 6.45) is 12.3. The van der Waals surface area contributed by atoms with Crippen LogP contribution < -0.4 is 5.73 Å². The molecule has 1 fully saturated rings. The van der Waals surface area contributed by atoms with Crippen LogP contribution >= 0.6 is 0 Å². The molecular weight excluding hydrogens is 220 g/mol. The lowest BCUT2D eigenvalue weighted by Crippen LogP contribution is -2.55. The predicted molar refractivity (Wildman–Crippen MR) is 80.9 cm³/mol. The van der Waals surface area contributed by atoms with Crippen molar-refractivity contribution in [1.82, 2.24) is 4.90 Å². The molecule has 0 amide bonds. The Morgan fingerprint density at radius 3 is 2.28 bits per heavy atom. The number of hydrogen-bond donors (Lipinski definition) is 1. The smallest absolute Gasteiger partial charge is 0.0306 e. The monoisotopic (exact) mass is 254 g/mol. The van der Waals surface area contributed by atoms with E-state index in [9.17, 15) is 0 Å². The normalized spacial score (nSPS) is 20.5. The average molecular weight is 254 g/mol. The van der Waals surface area contributed by atoms with Crippen LogP contribution in [0.2, 0.25) is 0 Å². The maximum atomic E-state index is 6.12. The zero-order valence-electron chi connectivity index (χ0n) is 12.9. The Morgan fingerprint density at radius 2 is 1.78 bits per heavy atom. The molecule has 2 heteroatoms. The number of rotatable bonds is 9. The second-order valence-corrected chi connectivity index (χ2v) is 6.24. The average Bonchev–Trinajstić information content (AvgIpc) is 2.89. The molecule has 1 unspecified atom stereocenters. The molecule has 108 valence electrons. The van der Waals surface area contributed by atoms with Crippen molar-refractivity contribution < 1.29 is 0 Å². The highest BCUT2D eigenvalue weighted by atomic mass is 15.2. The summed E-state index contributed by atoms with van der Waals surface area (Å²) >= 11 is 0. The lowest BCUT2D eigenvalue weighted by atomic mass is 9.90. The molecule has 1 atom stereocenters. The van der Waals surface area contributed by atoms with Crippen LogP contribution in [0.1, 0.15) is 78.6 Å². The van der Waals surface area contributed by atoms with Crippen LogP contribution in [0.4, 0.5) is 0 Å². The maximum absolute atomic E-state index is 6.12. The van der Waals surface area contributed by atoms with Crippen molar-refractivity contribution in [2.45, 2.75) is 90.1 Å². The number of hydrogen-bond acceptors (Lipinski definition) is 2. The maximum Gasteiger partial charge on any atom is 0.0306 e. The minimum Gasteiger partial charge on any atom is -0.329 e. The molecule has 0 spiro atoms. The van der Waals surface area contributed by atoms with Gasteiger partial charge in [-0.15, -0.1) is 0 Å². The molecule has 1 aliphatic carbocycles. The fraction of sp³-hybridized carbons (Fsp3) is 1.00. The van der Waals surface area contributed by atoms with E-state index in [0.29, 0.717) is 0 Å². The molecule has 0 radical (unpaired) electrons. The molecule has 18 heavy (non-hydrogen) atoms. The minimum atomic E-state index is 0.234. The highest BCUT2D eigenvalue weighted by Crippen LogP contribution is 2.31. The van der Waals surface area contributed by atoms with Crippen LogP contribution in [0, 0.1) is 0 Å². The topological polar surface area (TPSA) is 29.3 Å². The van der Waals surface area contributed by atoms with Gasteiger partial charge in [0.05, 0.1) is 0 Å². The van der Waals surface area contributed by atoms with Crippen LogP contribution in [-0.4, -0.2) is 29.6 Å². The van der Waals surface area contributed by atoms with E-state index in [1.807, 2.05) is 0 Å². The summed E-state index contributed by atoms with van der Waals surface area (Å²) in [4.78, 5) is 2.71. The zero-order chi connectivity index (χ0) is 13.4. The van der Waals surface area contributed by atoms with Crippen molar-refractivity contribution in [3.63, 3.8) is 0 Å². The summed E-state index contributed by atoms with van der Waals surface area (Å²) in [5, 5.41) is 0. The van der Waals surface area contributed by atoms with Crippen LogP contribution in [0.25, 0.3) is 0 Å². The molecule has 2 N–H and O–H groups in total. The minimum absolute atomic E-state index is 0.234. The number of unbranched alkanes of at least 4 members (excludes halogenated alkanes) is 3. The van der Waals surface area contributed by atoms with E-state index in [1.54, 1.807) is 0 Å². The van der Waals surface area contributed by atoms with Gasteiger partial charge in [-0.1, -0.05) is 52.4 Å². The van der Waals surface area contributed by atoms with Crippen molar-refractivity contribution in [2.75, 3.05) is 13.1 Å². The highest BCUT2D eigenvalue weighted by molar-refractivity contribution is 4.92. The van der Waals surface area contributed by atoms with E-state index in [-0.39, 0.29) is 5.54 Å². The lowest BCUT2D eigenvalue weighted by Gasteiger charge is -2.44. The van der Waals surface area contributed by atoms with Gasteiger partial charge >= 0.3 is 0 Å². The molecular formula is C16H34N2. The standard InChI is InChI=1S/C16H34N2/c1-4-6-7-10-13-16(3,14-17)18(5-2)15-11-8-9-12-15/h15H,4-14,17H2,1-3H3. The number of nitrogens with two attached hydrogens (primary N) is 1. The van der Waals surface area contributed by atoms with Crippen molar-refractivity contribution >= 4 is 0 Å². The molecule has 0 saturated heterocycles. The van der Waals surface area contributed by atoms with Crippen LogP contribution in [-0.2, 0) is 0 Å². The van der Waals surface area contributed by atoms with Gasteiger partial charge in [0.25, 0.3) is 0 Å². The van der Waals surface area contributed by atoms with Gasteiger partial charge in [0.2, 0.25) is 0 Å². The Kier molecular flexibility index (Phi) is 7.25. The van der Waals surface area contributed by atoms with Crippen LogP contribution in [0.3, 0.4) is 0 Å². The van der Waals surface area contributed by atoms with Gasteiger partial charge in [0.15, 0.2) is 0 Å². The molecule has 1 saturated carbocycles. The van der Waals surface area contributed by atoms with Crippen molar-refractivity contribution in [3.8, 4) is 0 Å². The number of likely N-dealkylation sites (N-methyl/N-ethyl adjacent to an activating group) is 1. The molecule has 2 nitrogen and oxygen atoms in total. The molecule has 0 aromatic heterocycles. The molecule has 1 rings (SSSR count). The third-order valence-corrected chi connectivity index (χ3v) is 4.81. The van der Waals surface area contributed by atoms with Crippen LogP contribution in [0.5, 0.6) is 0 Å². The Balaban J connectivity index is 2.52. The fourth-order valence-corrected chi connectivity index (χ4v) is 3.59. The van der Waals surface area contributed by atoms with E-state index in [1.165, 1.54) is 57.8 Å². The Morgan fingerprint density at radius 1 is 1.11 bits per heavy atom. The first-order chi connectivity index (χ1) is 8.68. The van der Waals surface area contributed by atoms with E-state index < -0.39 is 0 Å². The molecule has 0 heterocycles. The van der Waals surface area contributed by atoms with Gasteiger partial charge in [-0.05, 0) is 32.7 Å². The van der Waals surface area contributed by atoms with Gasteiger partial charge < -0.3 is 5.73 Å². The second kappa shape index (κ2) is 8.16. The summed E-state index contributed by atoms with van der Waals surface area (Å²) in [6, 6.07) is 0.801. The predicted octanol–water partition coefficient (Wildman–Crippen LogP) is 3.94. The van der Waals surface area contributed by atoms with Crippen molar-refractivity contribution in [2.24, 2.45) is 5.73 Å². The van der Waals surface area contributed by atoms with Crippen molar-refractivity contribution in [1.29, 1.82) is 0 Å². The quantitative estimate of drug-likeness (QED) is 0.632. The van der Waals surface area contributed by atoms with Gasteiger partial charge in [-0.2, -0.15) is 0 Å². The van der Waals surface area contributed by atoms with E-state index in [4.69, 9.17) is 5.73 Å². The lowest BCUT2D eigenvalue weighted by molar-refractivity contribution is 0.0596. The SMILES string of the molecule is CCCCCCC(C)(CN)N(CC)C1CCCC1. The third kappa shape index (κ3) is 4.24. The van der Waals surface area contributed by atoms with Gasteiger partial charge in [0.1, 0.15) is 0 Å². The molecule has 0 aromatic rings. The van der Waals surface area contributed by atoms with E-state index >= 15 is 0 Å². The Bertz CT molecular complexity index is 211. The first-order valence-electron chi connectivity index (χ1n) is 8.14. The fourth-order valence-electron chi connectivity index (χ4n) is 3.59. The second-order valence-electron chi connectivity index (χ2n) is 6.24. The molecule has 1 aliphatic rings. The van der Waals surface area contributed by atoms with Gasteiger partial charge in [0, 0.05) is 18.1 Å². The zero-order valence-corrected chi connectivity index (χ0v) is 12.9. The summed E-state index contributed by atoms with van der Waals surface area (Å²) in [5.41, 5.74) is 6.36. The first-order valence-corrected chi connectivity index (χ1v) is 8.14. The summed E-state index contributed by atoms with van der Waals surface area (Å²) in [5.74, 6) is 0. The van der Waals surface area contributed by atoms with E-state index in [0.717, 1.165) is 19.1 Å². The van der Waals surface area contributed by atoms with E-state index in [2.05, 4.69) is 25.7 Å². The number of nitrogens with zero attached hydrogens (tertiary/aromatic N) is 1.